The number of non-ortho nitro benzene ring substituents is 1. The number of ether oxygens (including phenoxy) is 2. The SMILES string of the molecule is CCOC(=O)[C@@H]1C(=O)C=C(Nc2cc([N+](=O)[O-])ccc2C)C[C@@H]1c1cccc(OC)c1. The van der Waals surface area contributed by atoms with Crippen molar-refractivity contribution in [3.8, 4) is 5.75 Å². The predicted molar refractivity (Wildman–Crippen MR) is 115 cm³/mol. The van der Waals surface area contributed by atoms with Gasteiger partial charge in [-0.25, -0.2) is 0 Å². The summed E-state index contributed by atoms with van der Waals surface area (Å²) in [5.74, 6) is -1.76. The minimum Gasteiger partial charge on any atom is -0.497 e. The van der Waals surface area contributed by atoms with Crippen LogP contribution in [0.5, 0.6) is 5.75 Å². The van der Waals surface area contributed by atoms with E-state index in [2.05, 4.69) is 5.32 Å². The lowest BCUT2D eigenvalue weighted by molar-refractivity contribution is -0.384. The summed E-state index contributed by atoms with van der Waals surface area (Å²) >= 11 is 0. The van der Waals surface area contributed by atoms with Crippen LogP contribution in [0.1, 0.15) is 30.4 Å². The number of esters is 1. The van der Waals surface area contributed by atoms with Gasteiger partial charge < -0.3 is 14.8 Å². The average molecular weight is 424 g/mol. The molecular weight excluding hydrogens is 400 g/mol. The third-order valence-electron chi connectivity index (χ3n) is 5.25. The minimum atomic E-state index is -0.969. The molecule has 31 heavy (non-hydrogen) atoms. The molecular formula is C23H24N2O6. The fraction of sp³-hybridized carbons (Fsp3) is 0.304. The first kappa shape index (κ1) is 22.0. The fourth-order valence-electron chi connectivity index (χ4n) is 3.69. The summed E-state index contributed by atoms with van der Waals surface area (Å²) in [5.41, 5.74) is 2.62. The first-order valence-corrected chi connectivity index (χ1v) is 9.91. The molecule has 0 saturated carbocycles. The molecule has 162 valence electrons. The van der Waals surface area contributed by atoms with E-state index in [0.717, 1.165) is 11.1 Å². The van der Waals surface area contributed by atoms with Gasteiger partial charge in [0.2, 0.25) is 0 Å². The second kappa shape index (κ2) is 9.42. The van der Waals surface area contributed by atoms with Gasteiger partial charge in [-0.1, -0.05) is 18.2 Å². The van der Waals surface area contributed by atoms with Crippen LogP contribution in [0.15, 0.2) is 54.2 Å². The molecule has 0 bridgehead atoms. The van der Waals surface area contributed by atoms with Gasteiger partial charge in [0.15, 0.2) is 5.78 Å². The minimum absolute atomic E-state index is 0.0513. The number of allylic oxidation sites excluding steroid dienone is 2. The average Bonchev–Trinajstić information content (AvgIpc) is 2.74. The van der Waals surface area contributed by atoms with Crippen molar-refractivity contribution in [3.05, 3.63) is 75.5 Å². The van der Waals surface area contributed by atoms with Crippen LogP contribution < -0.4 is 10.1 Å². The molecule has 0 heterocycles. The largest absolute Gasteiger partial charge is 0.497 e. The quantitative estimate of drug-likeness (QED) is 0.308. The van der Waals surface area contributed by atoms with Crippen molar-refractivity contribution in [2.24, 2.45) is 5.92 Å². The Kier molecular flexibility index (Phi) is 6.69. The van der Waals surface area contributed by atoms with Crippen molar-refractivity contribution in [3.63, 3.8) is 0 Å². The molecule has 0 spiro atoms. The number of ketones is 1. The fourth-order valence-corrected chi connectivity index (χ4v) is 3.69. The maximum Gasteiger partial charge on any atom is 0.317 e. The molecule has 0 radical (unpaired) electrons. The number of nitrogens with one attached hydrogen (secondary N) is 1. The highest BCUT2D eigenvalue weighted by atomic mass is 16.6. The van der Waals surface area contributed by atoms with Gasteiger partial charge in [0.25, 0.3) is 5.69 Å². The zero-order chi connectivity index (χ0) is 22.5. The first-order valence-electron chi connectivity index (χ1n) is 9.91. The Labute approximate surface area is 180 Å². The molecule has 8 nitrogen and oxygen atoms in total. The lowest BCUT2D eigenvalue weighted by Gasteiger charge is -2.30. The molecule has 2 aromatic carbocycles. The lowest BCUT2D eigenvalue weighted by Crippen LogP contribution is -2.35. The molecule has 0 unspecified atom stereocenters. The third-order valence-corrected chi connectivity index (χ3v) is 5.25. The smallest absolute Gasteiger partial charge is 0.317 e. The number of hydrogen-bond donors (Lipinski definition) is 1. The zero-order valence-electron chi connectivity index (χ0n) is 17.6. The Bertz CT molecular complexity index is 1050. The number of carbonyl (C=O) groups excluding carboxylic acids is 2. The van der Waals surface area contributed by atoms with E-state index in [4.69, 9.17) is 9.47 Å². The number of nitro groups is 1. The molecule has 1 N–H and O–H groups in total. The normalized spacial score (nSPS) is 18.2. The van der Waals surface area contributed by atoms with Crippen molar-refractivity contribution < 1.29 is 24.0 Å². The van der Waals surface area contributed by atoms with E-state index in [-0.39, 0.29) is 18.1 Å². The topological polar surface area (TPSA) is 108 Å². The van der Waals surface area contributed by atoms with E-state index in [9.17, 15) is 19.7 Å². The highest BCUT2D eigenvalue weighted by Crippen LogP contribution is 2.38. The van der Waals surface area contributed by atoms with Crippen LogP contribution >= 0.6 is 0 Å². The van der Waals surface area contributed by atoms with Gasteiger partial charge >= 0.3 is 5.97 Å². The number of anilines is 1. The van der Waals surface area contributed by atoms with Crippen LogP contribution in [-0.2, 0) is 14.3 Å². The number of aryl methyl sites for hydroxylation is 1. The summed E-state index contributed by atoms with van der Waals surface area (Å²) in [4.78, 5) is 36.2. The lowest BCUT2D eigenvalue weighted by atomic mass is 9.76. The van der Waals surface area contributed by atoms with Gasteiger partial charge in [-0.3, -0.25) is 19.7 Å². The number of carbonyl (C=O) groups is 2. The number of rotatable bonds is 7. The van der Waals surface area contributed by atoms with Crippen LogP contribution in [0.25, 0.3) is 0 Å². The maximum absolute atomic E-state index is 13.0. The van der Waals surface area contributed by atoms with Gasteiger partial charge in [-0.15, -0.1) is 0 Å². The van der Waals surface area contributed by atoms with Gasteiger partial charge in [0, 0.05) is 35.5 Å². The van der Waals surface area contributed by atoms with Crippen molar-refractivity contribution in [1.82, 2.24) is 0 Å². The number of benzene rings is 2. The van der Waals surface area contributed by atoms with E-state index < -0.39 is 22.7 Å². The van der Waals surface area contributed by atoms with Crippen LogP contribution in [0.3, 0.4) is 0 Å². The Morgan fingerprint density at radius 1 is 1.26 bits per heavy atom. The van der Waals surface area contributed by atoms with Crippen LogP contribution in [-0.4, -0.2) is 30.4 Å². The molecule has 2 atom stereocenters. The van der Waals surface area contributed by atoms with Crippen LogP contribution in [0.4, 0.5) is 11.4 Å². The third kappa shape index (κ3) is 4.91. The number of methoxy groups -OCH3 is 1. The molecule has 0 aliphatic heterocycles. The highest BCUT2D eigenvalue weighted by molar-refractivity contribution is 6.07. The van der Waals surface area contributed by atoms with Crippen LogP contribution in [0, 0.1) is 23.0 Å². The Hall–Kier alpha value is -3.68. The van der Waals surface area contributed by atoms with E-state index in [1.165, 1.54) is 18.2 Å². The Balaban J connectivity index is 1.98. The summed E-state index contributed by atoms with van der Waals surface area (Å²) < 4.78 is 10.5. The van der Waals surface area contributed by atoms with Gasteiger partial charge in [-0.2, -0.15) is 0 Å². The molecule has 1 aliphatic carbocycles. The van der Waals surface area contributed by atoms with E-state index in [0.29, 0.717) is 23.6 Å². The van der Waals surface area contributed by atoms with E-state index >= 15 is 0 Å². The summed E-state index contributed by atoms with van der Waals surface area (Å²) in [6, 6.07) is 11.7. The number of nitrogens with zero attached hydrogens (tertiary/aromatic N) is 1. The van der Waals surface area contributed by atoms with Crippen molar-refractivity contribution in [2.45, 2.75) is 26.2 Å². The molecule has 8 heteroatoms. The second-order valence-electron chi connectivity index (χ2n) is 7.27. The summed E-state index contributed by atoms with van der Waals surface area (Å²) in [6.45, 7) is 3.69. The number of nitro benzene ring substituents is 1. The van der Waals surface area contributed by atoms with E-state index in [1.807, 2.05) is 13.0 Å². The van der Waals surface area contributed by atoms with E-state index in [1.54, 1.807) is 38.3 Å². The van der Waals surface area contributed by atoms with Crippen molar-refractivity contribution in [2.75, 3.05) is 19.0 Å². The zero-order valence-corrected chi connectivity index (χ0v) is 17.6. The molecule has 2 aromatic rings. The summed E-state index contributed by atoms with van der Waals surface area (Å²) in [5, 5.41) is 14.3. The Morgan fingerprint density at radius 3 is 2.71 bits per heavy atom. The van der Waals surface area contributed by atoms with Crippen LogP contribution in [0.2, 0.25) is 0 Å². The second-order valence-corrected chi connectivity index (χ2v) is 7.27. The van der Waals surface area contributed by atoms with Gasteiger partial charge in [0.05, 0.1) is 18.6 Å². The standard InChI is InChI=1S/C23H24N2O6/c1-4-31-23(27)22-19(15-6-5-7-18(10-15)30-3)11-16(12-21(22)26)24-20-13-17(25(28)29)9-8-14(20)2/h5-10,12-13,19,22,24H,4,11H2,1-3H3/t19-,22+/m1/s1. The molecule has 1 aliphatic rings. The molecule has 0 fully saturated rings. The molecule has 0 amide bonds. The molecule has 0 saturated heterocycles. The Morgan fingerprint density at radius 2 is 2.03 bits per heavy atom. The molecule has 3 rings (SSSR count). The predicted octanol–water partition coefficient (Wildman–Crippen LogP) is 4.14. The number of hydrogen-bond acceptors (Lipinski definition) is 7. The van der Waals surface area contributed by atoms with Gasteiger partial charge in [0.1, 0.15) is 11.7 Å². The van der Waals surface area contributed by atoms with Crippen molar-refractivity contribution >= 4 is 23.1 Å². The summed E-state index contributed by atoms with van der Waals surface area (Å²) in [7, 11) is 1.55. The first-order chi connectivity index (χ1) is 14.8. The van der Waals surface area contributed by atoms with Gasteiger partial charge in [-0.05, 0) is 43.5 Å². The summed E-state index contributed by atoms with van der Waals surface area (Å²) in [6.07, 6.45) is 1.74. The maximum atomic E-state index is 13.0. The molecule has 0 aromatic heterocycles. The monoisotopic (exact) mass is 424 g/mol. The van der Waals surface area contributed by atoms with Crippen molar-refractivity contribution in [1.29, 1.82) is 0 Å². The highest BCUT2D eigenvalue weighted by Gasteiger charge is 2.39.